The van der Waals surface area contributed by atoms with Crippen LogP contribution in [-0.4, -0.2) is 41.8 Å². The molecule has 26 heavy (non-hydrogen) atoms. The summed E-state index contributed by atoms with van der Waals surface area (Å²) in [6.45, 7) is 5.54. The predicted molar refractivity (Wildman–Crippen MR) is 98.5 cm³/mol. The minimum Gasteiger partial charge on any atom is -0.472 e. The number of rotatable bonds is 7. The van der Waals surface area contributed by atoms with Crippen molar-refractivity contribution in [2.24, 2.45) is 5.92 Å². The smallest absolute Gasteiger partial charge is 0.0947 e. The average molecular weight is 356 g/mol. The molecular weight excluding hydrogens is 328 g/mol. The quantitative estimate of drug-likeness (QED) is 0.709. The molecule has 5 nitrogen and oxygen atoms in total. The summed E-state index contributed by atoms with van der Waals surface area (Å²) in [5, 5.41) is 0. The first kappa shape index (κ1) is 17.7. The maximum atomic E-state index is 6.28. The highest BCUT2D eigenvalue weighted by atomic mass is 16.5. The second-order valence-corrected chi connectivity index (χ2v) is 7.50. The van der Waals surface area contributed by atoms with Crippen LogP contribution in [0.1, 0.15) is 36.8 Å². The molecule has 2 aliphatic rings. The Bertz CT molecular complexity index is 651. The van der Waals surface area contributed by atoms with E-state index >= 15 is 0 Å². The number of ether oxygens (including phenoxy) is 2. The molecule has 5 heteroatoms. The molecule has 2 saturated heterocycles. The van der Waals surface area contributed by atoms with E-state index in [4.69, 9.17) is 13.9 Å². The van der Waals surface area contributed by atoms with Crippen LogP contribution in [0, 0.1) is 5.92 Å². The minimum atomic E-state index is 0.0763. The van der Waals surface area contributed by atoms with Crippen molar-refractivity contribution >= 4 is 0 Å². The molecule has 2 aliphatic heterocycles. The van der Waals surface area contributed by atoms with E-state index in [0.717, 1.165) is 52.1 Å². The summed E-state index contributed by atoms with van der Waals surface area (Å²) < 4.78 is 17.4. The number of likely N-dealkylation sites (tertiary alicyclic amines) is 1. The van der Waals surface area contributed by atoms with Gasteiger partial charge in [0.2, 0.25) is 0 Å². The molecule has 0 radical (unpaired) electrons. The molecule has 4 heterocycles. The van der Waals surface area contributed by atoms with E-state index in [-0.39, 0.29) is 5.60 Å². The maximum absolute atomic E-state index is 6.28. The lowest BCUT2D eigenvalue weighted by Crippen LogP contribution is -2.47. The van der Waals surface area contributed by atoms with Gasteiger partial charge in [-0.25, -0.2) is 0 Å². The van der Waals surface area contributed by atoms with E-state index in [9.17, 15) is 0 Å². The van der Waals surface area contributed by atoms with E-state index in [1.54, 1.807) is 6.26 Å². The molecule has 0 amide bonds. The van der Waals surface area contributed by atoms with Crippen LogP contribution in [0.4, 0.5) is 0 Å². The molecule has 4 rings (SSSR count). The van der Waals surface area contributed by atoms with Crippen LogP contribution < -0.4 is 0 Å². The van der Waals surface area contributed by atoms with Gasteiger partial charge in [-0.05, 0) is 55.4 Å². The van der Waals surface area contributed by atoms with E-state index in [0.29, 0.717) is 12.5 Å². The fourth-order valence-corrected chi connectivity index (χ4v) is 4.37. The van der Waals surface area contributed by atoms with Crippen LogP contribution in [0.3, 0.4) is 0 Å². The van der Waals surface area contributed by atoms with E-state index in [2.05, 4.69) is 16.0 Å². The molecule has 0 N–H and O–H groups in total. The number of aromatic nitrogens is 1. The number of furan rings is 1. The fourth-order valence-electron chi connectivity index (χ4n) is 4.37. The Labute approximate surface area is 155 Å². The molecule has 0 aliphatic carbocycles. The van der Waals surface area contributed by atoms with Gasteiger partial charge in [-0.15, -0.1) is 0 Å². The summed E-state index contributed by atoms with van der Waals surface area (Å²) >= 11 is 0. The number of hydrogen-bond donors (Lipinski definition) is 0. The van der Waals surface area contributed by atoms with Gasteiger partial charge in [-0.1, -0.05) is 0 Å². The summed E-state index contributed by atoms with van der Waals surface area (Å²) in [7, 11) is 0. The number of nitrogens with zero attached hydrogens (tertiary/aromatic N) is 2. The third kappa shape index (κ3) is 4.17. The fraction of sp³-hybridized carbons (Fsp3) is 0.571. The van der Waals surface area contributed by atoms with Crippen LogP contribution in [-0.2, 0) is 22.6 Å². The molecule has 2 aromatic heterocycles. The summed E-state index contributed by atoms with van der Waals surface area (Å²) in [5.41, 5.74) is 2.52. The molecule has 0 bridgehead atoms. The van der Waals surface area contributed by atoms with Gasteiger partial charge in [0.25, 0.3) is 0 Å². The largest absolute Gasteiger partial charge is 0.472 e. The number of pyridine rings is 1. The van der Waals surface area contributed by atoms with Gasteiger partial charge >= 0.3 is 0 Å². The van der Waals surface area contributed by atoms with Crippen LogP contribution in [0.2, 0.25) is 0 Å². The lowest BCUT2D eigenvalue weighted by Gasteiger charge is -2.42. The SMILES string of the molecule is c1cc(COCC[C@@H]2CCOC23CCN(Cc2ccoc2)CC3)ccn1. The van der Waals surface area contributed by atoms with E-state index in [1.807, 2.05) is 30.8 Å². The van der Waals surface area contributed by atoms with Crippen molar-refractivity contribution in [2.45, 2.75) is 44.4 Å². The molecule has 0 unspecified atom stereocenters. The third-order valence-electron chi connectivity index (χ3n) is 5.92. The Hall–Kier alpha value is -1.69. The summed E-state index contributed by atoms with van der Waals surface area (Å²) in [5.74, 6) is 0.621. The summed E-state index contributed by atoms with van der Waals surface area (Å²) in [6, 6.07) is 6.07. The van der Waals surface area contributed by atoms with E-state index in [1.165, 1.54) is 17.5 Å². The molecule has 140 valence electrons. The average Bonchev–Trinajstić information content (AvgIpc) is 3.32. The molecular formula is C21H28N2O3. The van der Waals surface area contributed by atoms with Crippen LogP contribution >= 0.6 is 0 Å². The Morgan fingerprint density at radius 3 is 2.77 bits per heavy atom. The molecule has 2 aromatic rings. The highest BCUT2D eigenvalue weighted by molar-refractivity contribution is 5.08. The zero-order chi connectivity index (χ0) is 17.7. The Morgan fingerprint density at radius 2 is 2.00 bits per heavy atom. The second kappa shape index (κ2) is 8.33. The Kier molecular flexibility index (Phi) is 5.68. The highest BCUT2D eigenvalue weighted by Crippen LogP contribution is 2.42. The van der Waals surface area contributed by atoms with Gasteiger partial charge < -0.3 is 13.9 Å². The van der Waals surface area contributed by atoms with Gasteiger partial charge in [0.05, 0.1) is 24.7 Å². The topological polar surface area (TPSA) is 47.7 Å². The van der Waals surface area contributed by atoms with Crippen molar-refractivity contribution in [3.05, 3.63) is 54.2 Å². The van der Waals surface area contributed by atoms with Gasteiger partial charge in [0.1, 0.15) is 0 Å². The lowest BCUT2D eigenvalue weighted by atomic mass is 9.78. The summed E-state index contributed by atoms with van der Waals surface area (Å²) in [4.78, 5) is 6.55. The molecule has 0 saturated carbocycles. The number of piperidine rings is 1. The van der Waals surface area contributed by atoms with Gasteiger partial charge in [0, 0.05) is 50.8 Å². The monoisotopic (exact) mass is 356 g/mol. The van der Waals surface area contributed by atoms with Crippen molar-refractivity contribution in [1.29, 1.82) is 0 Å². The van der Waals surface area contributed by atoms with Crippen LogP contribution in [0.5, 0.6) is 0 Å². The maximum Gasteiger partial charge on any atom is 0.0947 e. The van der Waals surface area contributed by atoms with E-state index < -0.39 is 0 Å². The molecule has 0 aromatic carbocycles. The Morgan fingerprint density at radius 1 is 1.15 bits per heavy atom. The molecule has 2 fully saturated rings. The van der Waals surface area contributed by atoms with Gasteiger partial charge in [-0.2, -0.15) is 0 Å². The normalized spacial score (nSPS) is 22.8. The van der Waals surface area contributed by atoms with Gasteiger partial charge in [-0.3, -0.25) is 9.88 Å². The van der Waals surface area contributed by atoms with Crippen molar-refractivity contribution in [2.75, 3.05) is 26.3 Å². The van der Waals surface area contributed by atoms with Crippen LogP contribution in [0.25, 0.3) is 0 Å². The predicted octanol–water partition coefficient (Wildman–Crippen LogP) is 3.65. The Balaban J connectivity index is 1.23. The summed E-state index contributed by atoms with van der Waals surface area (Å²) in [6.07, 6.45) is 11.7. The zero-order valence-corrected chi connectivity index (χ0v) is 15.3. The lowest BCUT2D eigenvalue weighted by molar-refractivity contribution is -0.0733. The van der Waals surface area contributed by atoms with Crippen molar-refractivity contribution in [1.82, 2.24) is 9.88 Å². The van der Waals surface area contributed by atoms with Gasteiger partial charge in [0.15, 0.2) is 0 Å². The van der Waals surface area contributed by atoms with Crippen molar-refractivity contribution in [3.8, 4) is 0 Å². The first-order chi connectivity index (χ1) is 12.8. The van der Waals surface area contributed by atoms with Crippen LogP contribution in [0.15, 0.2) is 47.5 Å². The minimum absolute atomic E-state index is 0.0763. The first-order valence-electron chi connectivity index (χ1n) is 9.68. The van der Waals surface area contributed by atoms with Crippen molar-refractivity contribution < 1.29 is 13.9 Å². The highest BCUT2D eigenvalue weighted by Gasteiger charge is 2.45. The molecule has 1 atom stereocenters. The molecule has 1 spiro atoms. The second-order valence-electron chi connectivity index (χ2n) is 7.50. The standard InChI is InChI=1S/C21H28N2O3/c1-8-22-9-2-18(1)16-25-13-4-20-5-14-26-21(20)6-10-23(11-7-21)15-19-3-12-24-17-19/h1-3,8-9,12,17,20H,4-7,10-11,13-16H2/t20-/m1/s1. The first-order valence-corrected chi connectivity index (χ1v) is 9.68. The van der Waals surface area contributed by atoms with Crippen molar-refractivity contribution in [3.63, 3.8) is 0 Å². The number of hydrogen-bond acceptors (Lipinski definition) is 5. The zero-order valence-electron chi connectivity index (χ0n) is 15.3. The third-order valence-corrected chi connectivity index (χ3v) is 5.92.